The summed E-state index contributed by atoms with van der Waals surface area (Å²) in [5, 5.41) is 2.76. The molecule has 54 valence electrons. The molecule has 0 spiro atoms. The van der Waals surface area contributed by atoms with E-state index in [2.05, 4.69) is 5.32 Å². The summed E-state index contributed by atoms with van der Waals surface area (Å²) in [6, 6.07) is -0.269. The third-order valence-corrected chi connectivity index (χ3v) is 1.06. The van der Waals surface area contributed by atoms with E-state index in [1.54, 1.807) is 0 Å². The minimum absolute atomic E-state index is 0. The van der Waals surface area contributed by atoms with E-state index in [4.69, 9.17) is 10.5 Å². The summed E-state index contributed by atoms with van der Waals surface area (Å²) in [5.41, 5.74) is 4.92. The molecule has 1 atom stereocenters. The summed E-state index contributed by atoms with van der Waals surface area (Å²) in [4.78, 5) is 10.3. The van der Waals surface area contributed by atoms with Gasteiger partial charge in [-0.2, -0.15) is 0 Å². The third kappa shape index (κ3) is 2.17. The monoisotopic (exact) mass is 152 g/mol. The van der Waals surface area contributed by atoms with E-state index >= 15 is 0 Å². The van der Waals surface area contributed by atoms with Crippen LogP contribution in [0.5, 0.6) is 0 Å². The molecule has 0 aromatic carbocycles. The van der Waals surface area contributed by atoms with Gasteiger partial charge in [0.2, 0.25) is 5.91 Å². The number of ether oxygens (including phenoxy) is 1. The molecule has 0 aromatic rings. The molecule has 4 nitrogen and oxygen atoms in total. The predicted octanol–water partition coefficient (Wildman–Crippen LogP) is -1.16. The van der Waals surface area contributed by atoms with Crippen molar-refractivity contribution in [3.8, 4) is 0 Å². The molecule has 1 aliphatic heterocycles. The molecular weight excluding hydrogens is 144 g/mol. The number of hydrogen-bond acceptors (Lipinski definition) is 3. The van der Waals surface area contributed by atoms with Crippen LogP contribution in [0.2, 0.25) is 0 Å². The maximum absolute atomic E-state index is 10.3. The molecule has 1 saturated heterocycles. The van der Waals surface area contributed by atoms with E-state index in [0.717, 1.165) is 0 Å². The van der Waals surface area contributed by atoms with E-state index < -0.39 is 0 Å². The van der Waals surface area contributed by atoms with E-state index in [0.29, 0.717) is 13.3 Å². The maximum Gasteiger partial charge on any atom is 0.237 e. The Morgan fingerprint density at radius 3 is 2.67 bits per heavy atom. The zero-order chi connectivity index (χ0) is 5.98. The summed E-state index contributed by atoms with van der Waals surface area (Å²) >= 11 is 0. The second-order valence-electron chi connectivity index (χ2n) is 1.67. The number of rotatable bonds is 1. The van der Waals surface area contributed by atoms with E-state index in [1.807, 2.05) is 0 Å². The molecule has 0 radical (unpaired) electrons. The lowest BCUT2D eigenvalue weighted by Crippen LogP contribution is -2.38. The highest BCUT2D eigenvalue weighted by molar-refractivity contribution is 5.85. The Hall–Kier alpha value is -0.320. The summed E-state index contributed by atoms with van der Waals surface area (Å²) < 4.78 is 4.81. The highest BCUT2D eigenvalue weighted by Crippen LogP contribution is 1.90. The fourth-order valence-corrected chi connectivity index (χ4v) is 0.578. The van der Waals surface area contributed by atoms with E-state index in [-0.39, 0.29) is 24.4 Å². The van der Waals surface area contributed by atoms with Gasteiger partial charge in [0.1, 0.15) is 6.04 Å². The number of nitrogens with two attached hydrogens (primary N) is 1. The molecule has 0 unspecified atom stereocenters. The summed E-state index contributed by atoms with van der Waals surface area (Å²) in [5.74, 6) is -0.345. The topological polar surface area (TPSA) is 64.4 Å². The van der Waals surface area contributed by atoms with Crippen LogP contribution < -0.4 is 11.1 Å². The normalized spacial score (nSPS) is 25.1. The molecule has 1 rings (SSSR count). The predicted molar refractivity (Wildman–Crippen MR) is 34.2 cm³/mol. The Balaban J connectivity index is 0.000000640. The lowest BCUT2D eigenvalue weighted by atomic mass is 10.3. The molecule has 1 fully saturated rings. The van der Waals surface area contributed by atoms with Gasteiger partial charge in [-0.05, 0) is 0 Å². The number of amides is 1. The molecule has 1 amide bonds. The van der Waals surface area contributed by atoms with Crippen LogP contribution in [0, 0.1) is 0 Å². The van der Waals surface area contributed by atoms with Crippen molar-refractivity contribution in [3.63, 3.8) is 0 Å². The molecule has 1 aliphatic rings. The van der Waals surface area contributed by atoms with Gasteiger partial charge >= 0.3 is 0 Å². The number of primary amides is 1. The van der Waals surface area contributed by atoms with E-state index in [9.17, 15) is 4.79 Å². The van der Waals surface area contributed by atoms with E-state index in [1.165, 1.54) is 0 Å². The summed E-state index contributed by atoms with van der Waals surface area (Å²) in [6.45, 7) is 0.850. The number of hydrogen-bond donors (Lipinski definition) is 2. The molecule has 0 saturated carbocycles. The lowest BCUT2D eigenvalue weighted by Gasteiger charge is -1.98. The Kier molecular flexibility index (Phi) is 3.53. The van der Waals surface area contributed by atoms with Gasteiger partial charge in [0.05, 0.1) is 13.3 Å². The van der Waals surface area contributed by atoms with Crippen LogP contribution in [0.1, 0.15) is 0 Å². The van der Waals surface area contributed by atoms with Gasteiger partial charge in [0, 0.05) is 0 Å². The quantitative estimate of drug-likeness (QED) is 0.498. The average molecular weight is 153 g/mol. The fourth-order valence-electron chi connectivity index (χ4n) is 0.578. The summed E-state index contributed by atoms with van der Waals surface area (Å²) in [6.07, 6.45) is 0. The van der Waals surface area contributed by atoms with Crippen LogP contribution in [-0.2, 0) is 9.53 Å². The van der Waals surface area contributed by atoms with Crippen molar-refractivity contribution < 1.29 is 9.53 Å². The van der Waals surface area contributed by atoms with Crippen molar-refractivity contribution in [1.82, 2.24) is 5.32 Å². The Morgan fingerprint density at radius 2 is 2.44 bits per heavy atom. The number of carbonyl (C=O) groups is 1. The van der Waals surface area contributed by atoms with Crippen LogP contribution in [0.15, 0.2) is 0 Å². The lowest BCUT2D eigenvalue weighted by molar-refractivity contribution is -0.119. The van der Waals surface area contributed by atoms with Gasteiger partial charge in [-0.25, -0.2) is 0 Å². The van der Waals surface area contributed by atoms with Crippen LogP contribution >= 0.6 is 12.4 Å². The molecule has 5 heteroatoms. The molecule has 0 bridgehead atoms. The Labute approximate surface area is 59.1 Å². The van der Waals surface area contributed by atoms with Crippen molar-refractivity contribution in [1.29, 1.82) is 0 Å². The number of nitrogens with one attached hydrogen (secondary N) is 1. The molecule has 0 aliphatic carbocycles. The highest BCUT2D eigenvalue weighted by Gasteiger charge is 2.18. The minimum Gasteiger partial charge on any atom is -0.368 e. The first-order valence-corrected chi connectivity index (χ1v) is 2.41. The molecule has 3 N–H and O–H groups in total. The van der Waals surface area contributed by atoms with Crippen molar-refractivity contribution in [2.75, 3.05) is 13.3 Å². The second kappa shape index (κ2) is 3.66. The van der Waals surface area contributed by atoms with Crippen LogP contribution in [0.4, 0.5) is 0 Å². The second-order valence-corrected chi connectivity index (χ2v) is 1.67. The van der Waals surface area contributed by atoms with Crippen molar-refractivity contribution >= 4 is 18.3 Å². The van der Waals surface area contributed by atoms with Gasteiger partial charge in [-0.3, -0.25) is 10.1 Å². The first kappa shape index (κ1) is 8.68. The van der Waals surface area contributed by atoms with Crippen LogP contribution in [-0.4, -0.2) is 25.3 Å². The standard InChI is InChI=1S/C4H8N2O2.ClH/c5-4(7)3-1-8-2-6-3;/h3,6H,1-2H2,(H2,5,7);1H/t3-;/m0./s1. The minimum atomic E-state index is -0.345. The van der Waals surface area contributed by atoms with Gasteiger partial charge in [0.15, 0.2) is 0 Å². The molecule has 1 heterocycles. The summed E-state index contributed by atoms with van der Waals surface area (Å²) in [7, 11) is 0. The van der Waals surface area contributed by atoms with Crippen LogP contribution in [0.3, 0.4) is 0 Å². The Bertz CT molecular complexity index is 103. The Morgan fingerprint density at radius 1 is 1.78 bits per heavy atom. The third-order valence-electron chi connectivity index (χ3n) is 1.06. The van der Waals surface area contributed by atoms with Gasteiger partial charge in [0.25, 0.3) is 0 Å². The van der Waals surface area contributed by atoms with Crippen molar-refractivity contribution in [3.05, 3.63) is 0 Å². The van der Waals surface area contributed by atoms with Gasteiger partial charge < -0.3 is 10.5 Å². The molecule has 0 aromatic heterocycles. The first-order chi connectivity index (χ1) is 3.80. The first-order valence-electron chi connectivity index (χ1n) is 2.41. The van der Waals surface area contributed by atoms with Gasteiger partial charge in [-0.1, -0.05) is 0 Å². The highest BCUT2D eigenvalue weighted by atomic mass is 35.5. The van der Waals surface area contributed by atoms with Crippen molar-refractivity contribution in [2.24, 2.45) is 5.73 Å². The van der Waals surface area contributed by atoms with Crippen molar-refractivity contribution in [2.45, 2.75) is 6.04 Å². The largest absolute Gasteiger partial charge is 0.368 e. The maximum atomic E-state index is 10.3. The SMILES string of the molecule is Cl.NC(=O)[C@@H]1COCN1. The zero-order valence-electron chi connectivity index (χ0n) is 4.79. The molecule has 9 heavy (non-hydrogen) atoms. The smallest absolute Gasteiger partial charge is 0.237 e. The average Bonchev–Trinajstić information content (AvgIpc) is 2.12. The number of halogens is 1. The van der Waals surface area contributed by atoms with Gasteiger partial charge in [-0.15, -0.1) is 12.4 Å². The number of carbonyl (C=O) groups excluding carboxylic acids is 1. The van der Waals surface area contributed by atoms with Crippen LogP contribution in [0.25, 0.3) is 0 Å². The zero-order valence-corrected chi connectivity index (χ0v) is 5.61. The fraction of sp³-hybridized carbons (Fsp3) is 0.750. The molecular formula is C4H9ClN2O2.